The Morgan fingerprint density at radius 1 is 1.11 bits per heavy atom. The lowest BCUT2D eigenvalue weighted by molar-refractivity contribution is 0.415. The van der Waals surface area contributed by atoms with E-state index in [2.05, 4.69) is 6.07 Å². The molecule has 0 heterocycles. The van der Waals surface area contributed by atoms with Gasteiger partial charge < -0.3 is 10.5 Å². The summed E-state index contributed by atoms with van der Waals surface area (Å²) in [5.41, 5.74) is 8.72. The number of hydrogen-bond donors (Lipinski definition) is 1. The molecule has 2 rings (SSSR count). The summed E-state index contributed by atoms with van der Waals surface area (Å²) in [7, 11) is 1.64. The summed E-state index contributed by atoms with van der Waals surface area (Å²) in [5, 5.41) is 9.05. The standard InChI is InChI=1S/C16H14N2O/c1-19-16-8-3-12(4-9-16)2-5-13-6-7-15(18)10-14(13)11-17/h2-10H,18H2,1H3. The van der Waals surface area contributed by atoms with Crippen molar-refractivity contribution in [3.8, 4) is 11.8 Å². The van der Waals surface area contributed by atoms with Gasteiger partial charge in [0, 0.05) is 5.69 Å². The van der Waals surface area contributed by atoms with Gasteiger partial charge in [0.2, 0.25) is 0 Å². The van der Waals surface area contributed by atoms with Gasteiger partial charge in [-0.3, -0.25) is 0 Å². The number of hydrogen-bond acceptors (Lipinski definition) is 3. The van der Waals surface area contributed by atoms with Crippen LogP contribution in [0, 0.1) is 11.3 Å². The number of rotatable bonds is 3. The van der Waals surface area contributed by atoms with Gasteiger partial charge in [0.1, 0.15) is 5.75 Å². The molecule has 0 aliphatic carbocycles. The molecule has 0 aromatic heterocycles. The van der Waals surface area contributed by atoms with Crippen LogP contribution in [0.2, 0.25) is 0 Å². The predicted molar refractivity (Wildman–Crippen MR) is 77.5 cm³/mol. The second-order valence-electron chi connectivity index (χ2n) is 4.06. The maximum absolute atomic E-state index is 9.05. The maximum Gasteiger partial charge on any atom is 0.118 e. The number of nitrogens with zero attached hydrogens (tertiary/aromatic N) is 1. The SMILES string of the molecule is COc1ccc(C=Cc2ccc(N)cc2C#N)cc1. The monoisotopic (exact) mass is 250 g/mol. The van der Waals surface area contributed by atoms with Crippen molar-refractivity contribution in [3.63, 3.8) is 0 Å². The van der Waals surface area contributed by atoms with E-state index in [1.54, 1.807) is 19.2 Å². The zero-order valence-corrected chi connectivity index (χ0v) is 10.6. The van der Waals surface area contributed by atoms with Crippen molar-refractivity contribution in [2.24, 2.45) is 0 Å². The highest BCUT2D eigenvalue weighted by Gasteiger charge is 1.99. The molecule has 0 aliphatic heterocycles. The Kier molecular flexibility index (Phi) is 3.84. The molecular formula is C16H14N2O. The van der Waals surface area contributed by atoms with E-state index in [0.29, 0.717) is 11.3 Å². The fourth-order valence-corrected chi connectivity index (χ4v) is 1.72. The first-order valence-electron chi connectivity index (χ1n) is 5.84. The molecule has 2 aromatic rings. The van der Waals surface area contributed by atoms with E-state index in [1.165, 1.54) is 0 Å². The van der Waals surface area contributed by atoms with Gasteiger partial charge in [-0.2, -0.15) is 5.26 Å². The van der Waals surface area contributed by atoms with Gasteiger partial charge in [-0.15, -0.1) is 0 Å². The molecule has 0 atom stereocenters. The van der Waals surface area contributed by atoms with Gasteiger partial charge in [-0.1, -0.05) is 30.4 Å². The summed E-state index contributed by atoms with van der Waals surface area (Å²) in [6, 6.07) is 15.1. The number of nitrogen functional groups attached to an aromatic ring is 1. The first-order valence-corrected chi connectivity index (χ1v) is 5.84. The minimum Gasteiger partial charge on any atom is -0.497 e. The molecule has 0 amide bonds. The Bertz CT molecular complexity index is 637. The first-order chi connectivity index (χ1) is 9.22. The van der Waals surface area contributed by atoms with Crippen LogP contribution in [0.4, 0.5) is 5.69 Å². The highest BCUT2D eigenvalue weighted by molar-refractivity contribution is 5.73. The zero-order chi connectivity index (χ0) is 13.7. The van der Waals surface area contributed by atoms with Gasteiger partial charge in [0.25, 0.3) is 0 Å². The van der Waals surface area contributed by atoms with Crippen molar-refractivity contribution in [1.29, 1.82) is 5.26 Å². The van der Waals surface area contributed by atoms with E-state index < -0.39 is 0 Å². The Morgan fingerprint density at radius 2 is 1.84 bits per heavy atom. The molecule has 94 valence electrons. The van der Waals surface area contributed by atoms with Crippen LogP contribution in [0.15, 0.2) is 42.5 Å². The lowest BCUT2D eigenvalue weighted by Crippen LogP contribution is -1.88. The van der Waals surface area contributed by atoms with Crippen LogP contribution >= 0.6 is 0 Å². The smallest absolute Gasteiger partial charge is 0.118 e. The van der Waals surface area contributed by atoms with E-state index in [-0.39, 0.29) is 0 Å². The molecule has 0 aliphatic rings. The summed E-state index contributed by atoms with van der Waals surface area (Å²) in [4.78, 5) is 0. The number of nitrogens with two attached hydrogens (primary N) is 1. The quantitative estimate of drug-likeness (QED) is 0.671. The molecule has 0 bridgehead atoms. The van der Waals surface area contributed by atoms with Crippen LogP contribution in [0.1, 0.15) is 16.7 Å². The van der Waals surface area contributed by atoms with Gasteiger partial charge >= 0.3 is 0 Å². The molecule has 0 saturated heterocycles. The van der Waals surface area contributed by atoms with Crippen LogP contribution in [-0.2, 0) is 0 Å². The van der Waals surface area contributed by atoms with Gasteiger partial charge in [0.15, 0.2) is 0 Å². The fourth-order valence-electron chi connectivity index (χ4n) is 1.72. The average Bonchev–Trinajstić information content (AvgIpc) is 2.46. The second-order valence-corrected chi connectivity index (χ2v) is 4.06. The van der Waals surface area contributed by atoms with Crippen LogP contribution in [0.5, 0.6) is 5.75 Å². The van der Waals surface area contributed by atoms with Gasteiger partial charge in [-0.25, -0.2) is 0 Å². The molecular weight excluding hydrogens is 236 g/mol. The van der Waals surface area contributed by atoms with Gasteiger partial charge in [0.05, 0.1) is 18.7 Å². The third-order valence-electron chi connectivity index (χ3n) is 2.77. The number of nitriles is 1. The summed E-state index contributed by atoms with van der Waals surface area (Å²) in [6.45, 7) is 0. The highest BCUT2D eigenvalue weighted by atomic mass is 16.5. The molecule has 0 saturated carbocycles. The van der Waals surface area contributed by atoms with Crippen LogP contribution in [-0.4, -0.2) is 7.11 Å². The third-order valence-corrected chi connectivity index (χ3v) is 2.77. The summed E-state index contributed by atoms with van der Waals surface area (Å²) in [5.74, 6) is 0.822. The maximum atomic E-state index is 9.05. The lowest BCUT2D eigenvalue weighted by atomic mass is 10.1. The molecule has 19 heavy (non-hydrogen) atoms. The van der Waals surface area contributed by atoms with E-state index in [0.717, 1.165) is 16.9 Å². The Balaban J connectivity index is 2.25. The van der Waals surface area contributed by atoms with Crippen molar-refractivity contribution >= 4 is 17.8 Å². The molecule has 0 fully saturated rings. The Labute approximate surface area is 112 Å². The summed E-state index contributed by atoms with van der Waals surface area (Å²) >= 11 is 0. The number of benzene rings is 2. The zero-order valence-electron chi connectivity index (χ0n) is 10.6. The Hall–Kier alpha value is -2.73. The van der Waals surface area contributed by atoms with E-state index in [1.807, 2.05) is 42.5 Å². The Morgan fingerprint density at radius 3 is 2.47 bits per heavy atom. The van der Waals surface area contributed by atoms with E-state index in [9.17, 15) is 0 Å². The third kappa shape index (κ3) is 3.14. The van der Waals surface area contributed by atoms with Crippen molar-refractivity contribution in [3.05, 3.63) is 59.2 Å². The molecule has 3 heteroatoms. The fraction of sp³-hybridized carbons (Fsp3) is 0.0625. The number of methoxy groups -OCH3 is 1. The normalized spacial score (nSPS) is 10.3. The molecule has 0 spiro atoms. The number of anilines is 1. The first kappa shape index (κ1) is 12.7. The molecule has 2 aromatic carbocycles. The van der Waals surface area contributed by atoms with Crippen molar-refractivity contribution in [2.45, 2.75) is 0 Å². The topological polar surface area (TPSA) is 59.0 Å². The molecule has 3 nitrogen and oxygen atoms in total. The largest absolute Gasteiger partial charge is 0.497 e. The lowest BCUT2D eigenvalue weighted by Gasteiger charge is -2.01. The van der Waals surface area contributed by atoms with Crippen molar-refractivity contribution in [2.75, 3.05) is 12.8 Å². The van der Waals surface area contributed by atoms with E-state index in [4.69, 9.17) is 15.7 Å². The van der Waals surface area contributed by atoms with Crippen LogP contribution < -0.4 is 10.5 Å². The van der Waals surface area contributed by atoms with Gasteiger partial charge in [-0.05, 0) is 35.4 Å². The molecule has 0 unspecified atom stereocenters. The highest BCUT2D eigenvalue weighted by Crippen LogP contribution is 2.17. The van der Waals surface area contributed by atoms with Crippen molar-refractivity contribution in [1.82, 2.24) is 0 Å². The van der Waals surface area contributed by atoms with E-state index >= 15 is 0 Å². The van der Waals surface area contributed by atoms with Crippen LogP contribution in [0.3, 0.4) is 0 Å². The van der Waals surface area contributed by atoms with Crippen molar-refractivity contribution < 1.29 is 4.74 Å². The predicted octanol–water partition coefficient (Wildman–Crippen LogP) is 3.32. The molecule has 2 N–H and O–H groups in total. The number of ether oxygens (including phenoxy) is 1. The van der Waals surface area contributed by atoms with Crippen LogP contribution in [0.25, 0.3) is 12.2 Å². The average molecular weight is 250 g/mol. The second kappa shape index (κ2) is 5.74. The summed E-state index contributed by atoms with van der Waals surface area (Å²) in [6.07, 6.45) is 3.85. The minimum absolute atomic E-state index is 0.574. The molecule has 0 radical (unpaired) electrons. The minimum atomic E-state index is 0.574. The summed E-state index contributed by atoms with van der Waals surface area (Å²) < 4.78 is 5.10.